The van der Waals surface area contributed by atoms with Crippen molar-refractivity contribution in [3.05, 3.63) is 83.4 Å². The molecule has 0 fully saturated rings. The first-order chi connectivity index (χ1) is 17.6. The van der Waals surface area contributed by atoms with E-state index in [1.165, 1.54) is 6.07 Å². The fraction of sp³-hybridized carbons (Fsp3) is 0.310. The van der Waals surface area contributed by atoms with E-state index in [0.29, 0.717) is 34.3 Å². The number of carbonyl (C=O) groups is 1. The zero-order chi connectivity index (χ0) is 26.7. The van der Waals surface area contributed by atoms with Gasteiger partial charge in [0.1, 0.15) is 5.75 Å². The number of hydrogen-bond donors (Lipinski definition) is 2. The number of nitrogens with one attached hydrogen (secondary N) is 2. The number of alkyl halides is 2. The first-order valence-electron chi connectivity index (χ1n) is 12.2. The van der Waals surface area contributed by atoms with Crippen LogP contribution in [-0.2, 0) is 12.5 Å². The summed E-state index contributed by atoms with van der Waals surface area (Å²) in [6, 6.07) is 19.1. The number of benzene rings is 3. The first-order valence-corrected chi connectivity index (χ1v) is 12.2. The van der Waals surface area contributed by atoms with Crippen molar-refractivity contribution in [2.45, 2.75) is 46.2 Å². The molecule has 3 aromatic carbocycles. The zero-order valence-electron chi connectivity index (χ0n) is 21.7. The monoisotopic (exact) mass is 506 g/mol. The van der Waals surface area contributed by atoms with Crippen molar-refractivity contribution in [1.29, 1.82) is 0 Å². The molecule has 0 radical (unpaired) electrons. The smallest absolute Gasteiger partial charge is 0.270 e. The fourth-order valence-electron chi connectivity index (χ4n) is 4.04. The van der Waals surface area contributed by atoms with E-state index in [0.717, 1.165) is 18.1 Å². The largest absolute Gasteiger partial charge is 0.497 e. The minimum absolute atomic E-state index is 0.0141. The Labute approximate surface area is 215 Å². The molecule has 0 unspecified atom stereocenters. The summed E-state index contributed by atoms with van der Waals surface area (Å²) in [5.41, 5.74) is 3.00. The molecule has 37 heavy (non-hydrogen) atoms. The molecule has 0 saturated heterocycles. The molecule has 0 aliphatic carbocycles. The van der Waals surface area contributed by atoms with Gasteiger partial charge in [-0.25, -0.2) is 13.8 Å². The average molecular weight is 507 g/mol. The maximum Gasteiger partial charge on any atom is 0.270 e. The predicted octanol–water partition coefficient (Wildman–Crippen LogP) is 6.72. The van der Waals surface area contributed by atoms with Gasteiger partial charge in [0.25, 0.3) is 11.8 Å². The minimum Gasteiger partial charge on any atom is -0.497 e. The third-order valence-corrected chi connectivity index (χ3v) is 6.53. The Morgan fingerprint density at radius 1 is 1.05 bits per heavy atom. The van der Waals surface area contributed by atoms with Crippen LogP contribution in [0.1, 0.15) is 49.2 Å². The molecular formula is C29H32F2N4O2. The molecule has 2 N–H and O–H groups in total. The lowest BCUT2D eigenvalue weighted by molar-refractivity contribution is 0.0165. The fourth-order valence-corrected chi connectivity index (χ4v) is 4.04. The number of hydrogen-bond acceptors (Lipinski definition) is 4. The van der Waals surface area contributed by atoms with Crippen molar-refractivity contribution in [3.8, 4) is 5.75 Å². The summed E-state index contributed by atoms with van der Waals surface area (Å²) in [5.74, 6) is -1.69. The number of anilines is 2. The van der Waals surface area contributed by atoms with Crippen molar-refractivity contribution >= 4 is 28.6 Å². The average Bonchev–Trinajstić information content (AvgIpc) is 3.20. The molecule has 1 heterocycles. The van der Waals surface area contributed by atoms with Gasteiger partial charge in [0.15, 0.2) is 0 Å². The van der Waals surface area contributed by atoms with E-state index in [1.54, 1.807) is 37.4 Å². The second-order valence-corrected chi connectivity index (χ2v) is 9.63. The van der Waals surface area contributed by atoms with Crippen LogP contribution in [0.2, 0.25) is 0 Å². The van der Waals surface area contributed by atoms with E-state index in [9.17, 15) is 13.6 Å². The second-order valence-electron chi connectivity index (χ2n) is 9.63. The van der Waals surface area contributed by atoms with Crippen LogP contribution in [0.3, 0.4) is 0 Å². The van der Waals surface area contributed by atoms with Crippen LogP contribution in [0, 0.1) is 5.92 Å². The molecule has 8 heteroatoms. The van der Waals surface area contributed by atoms with E-state index in [1.807, 2.05) is 55.7 Å². The Kier molecular flexibility index (Phi) is 7.47. The summed E-state index contributed by atoms with van der Waals surface area (Å²) in [7, 11) is 1.60. The van der Waals surface area contributed by atoms with Crippen LogP contribution in [0.4, 0.5) is 20.4 Å². The van der Waals surface area contributed by atoms with Crippen LogP contribution in [0.5, 0.6) is 5.75 Å². The van der Waals surface area contributed by atoms with Gasteiger partial charge in [-0.05, 0) is 60.9 Å². The molecule has 4 rings (SSSR count). The maximum absolute atomic E-state index is 14.4. The quantitative estimate of drug-likeness (QED) is 0.264. The van der Waals surface area contributed by atoms with E-state index in [2.05, 4.69) is 10.6 Å². The Bertz CT molecular complexity index is 1390. The van der Waals surface area contributed by atoms with Gasteiger partial charge in [-0.2, -0.15) is 0 Å². The molecule has 6 nitrogen and oxygen atoms in total. The molecule has 0 aliphatic heterocycles. The SMILES string of the molecule is COc1ccc(Nc2nc3cc(C(=O)N[C@H](C)C(C)C)ccc3n2Cc2ccccc2C(C)(F)F)cc1. The third-order valence-electron chi connectivity index (χ3n) is 6.53. The Balaban J connectivity index is 1.77. The van der Waals surface area contributed by atoms with Gasteiger partial charge in [0.05, 0.1) is 24.7 Å². The van der Waals surface area contributed by atoms with Gasteiger partial charge in [-0.1, -0.05) is 38.1 Å². The van der Waals surface area contributed by atoms with Gasteiger partial charge in [-0.15, -0.1) is 0 Å². The number of rotatable bonds is 9. The molecule has 1 atom stereocenters. The molecule has 0 bridgehead atoms. The summed E-state index contributed by atoms with van der Waals surface area (Å²) >= 11 is 0. The molecule has 0 aliphatic rings. The van der Waals surface area contributed by atoms with Crippen LogP contribution < -0.4 is 15.4 Å². The standard InChI is InChI=1S/C29H32F2N4O2/c1-18(2)19(3)32-27(36)20-10-15-26-25(16-20)34-28(33-22-11-13-23(37-5)14-12-22)35(26)17-21-8-6-7-9-24(21)29(4,30)31/h6-16,18-19H,17H2,1-5H3,(H,32,36)(H,33,34)/t19-/m1/s1. The highest BCUT2D eigenvalue weighted by molar-refractivity contribution is 5.98. The highest BCUT2D eigenvalue weighted by Crippen LogP contribution is 2.32. The van der Waals surface area contributed by atoms with Crippen molar-refractivity contribution in [2.24, 2.45) is 5.92 Å². The molecule has 0 spiro atoms. The number of carbonyl (C=O) groups excluding carboxylic acids is 1. The first kappa shape index (κ1) is 26.1. The second kappa shape index (κ2) is 10.6. The van der Waals surface area contributed by atoms with E-state index < -0.39 is 5.92 Å². The lowest BCUT2D eigenvalue weighted by Gasteiger charge is -2.18. The van der Waals surface area contributed by atoms with Gasteiger partial charge < -0.3 is 19.9 Å². The number of methoxy groups -OCH3 is 1. The van der Waals surface area contributed by atoms with Gasteiger partial charge in [-0.3, -0.25) is 4.79 Å². The Morgan fingerprint density at radius 2 is 1.76 bits per heavy atom. The highest BCUT2D eigenvalue weighted by atomic mass is 19.3. The summed E-state index contributed by atoms with van der Waals surface area (Å²) in [6.07, 6.45) is 0. The maximum atomic E-state index is 14.4. The highest BCUT2D eigenvalue weighted by Gasteiger charge is 2.28. The van der Waals surface area contributed by atoms with Crippen LogP contribution in [-0.4, -0.2) is 28.6 Å². The summed E-state index contributed by atoms with van der Waals surface area (Å²) in [5, 5.41) is 6.31. The number of imidazole rings is 1. The molecule has 4 aromatic rings. The molecule has 1 aromatic heterocycles. The number of nitrogens with zero attached hydrogens (tertiary/aromatic N) is 2. The van der Waals surface area contributed by atoms with E-state index in [-0.39, 0.29) is 24.1 Å². The van der Waals surface area contributed by atoms with Crippen molar-refractivity contribution in [1.82, 2.24) is 14.9 Å². The van der Waals surface area contributed by atoms with Crippen molar-refractivity contribution in [3.63, 3.8) is 0 Å². The summed E-state index contributed by atoms with van der Waals surface area (Å²) in [6.45, 7) is 7.13. The number of halogens is 2. The Hall–Kier alpha value is -3.94. The number of aromatic nitrogens is 2. The van der Waals surface area contributed by atoms with Gasteiger partial charge in [0.2, 0.25) is 5.95 Å². The molecule has 194 valence electrons. The minimum atomic E-state index is -2.99. The zero-order valence-corrected chi connectivity index (χ0v) is 21.7. The third kappa shape index (κ3) is 5.90. The number of ether oxygens (including phenoxy) is 1. The summed E-state index contributed by atoms with van der Waals surface area (Å²) < 4.78 is 35.8. The summed E-state index contributed by atoms with van der Waals surface area (Å²) in [4.78, 5) is 17.6. The van der Waals surface area contributed by atoms with Crippen LogP contribution in [0.15, 0.2) is 66.7 Å². The molecule has 1 amide bonds. The van der Waals surface area contributed by atoms with E-state index >= 15 is 0 Å². The van der Waals surface area contributed by atoms with Gasteiger partial charge >= 0.3 is 0 Å². The molecule has 0 saturated carbocycles. The molecular weight excluding hydrogens is 474 g/mol. The van der Waals surface area contributed by atoms with Crippen LogP contribution in [0.25, 0.3) is 11.0 Å². The van der Waals surface area contributed by atoms with Crippen molar-refractivity contribution < 1.29 is 18.3 Å². The normalized spacial score (nSPS) is 12.5. The topological polar surface area (TPSA) is 68.2 Å². The van der Waals surface area contributed by atoms with Crippen LogP contribution >= 0.6 is 0 Å². The lowest BCUT2D eigenvalue weighted by Crippen LogP contribution is -2.36. The number of fused-ring (bicyclic) bond motifs is 1. The van der Waals surface area contributed by atoms with Crippen molar-refractivity contribution in [2.75, 3.05) is 12.4 Å². The Morgan fingerprint density at radius 3 is 2.41 bits per heavy atom. The van der Waals surface area contributed by atoms with Gasteiger partial charge in [0, 0.05) is 29.8 Å². The number of amides is 1. The lowest BCUT2D eigenvalue weighted by atomic mass is 10.0. The predicted molar refractivity (Wildman–Crippen MR) is 143 cm³/mol. The van der Waals surface area contributed by atoms with E-state index in [4.69, 9.17) is 9.72 Å².